The molecule has 1 rings (SSSR count). The SMILES string of the molecule is CN(C)C(=O)Nc1ccc(C=O)c(O)c1. The van der Waals surface area contributed by atoms with Crippen LogP contribution in [-0.2, 0) is 0 Å². The molecule has 15 heavy (non-hydrogen) atoms. The number of hydrogen-bond acceptors (Lipinski definition) is 3. The molecule has 0 bridgehead atoms. The van der Waals surface area contributed by atoms with Crippen molar-refractivity contribution in [3.63, 3.8) is 0 Å². The summed E-state index contributed by atoms with van der Waals surface area (Å²) in [7, 11) is 3.21. The minimum absolute atomic E-state index is 0.151. The lowest BCUT2D eigenvalue weighted by atomic mass is 10.2. The largest absolute Gasteiger partial charge is 0.507 e. The van der Waals surface area contributed by atoms with Crippen molar-refractivity contribution in [2.24, 2.45) is 0 Å². The number of anilines is 1. The summed E-state index contributed by atoms with van der Waals surface area (Å²) >= 11 is 0. The van der Waals surface area contributed by atoms with Crippen LogP contribution < -0.4 is 5.32 Å². The molecule has 0 heterocycles. The molecule has 1 aromatic carbocycles. The number of benzene rings is 1. The fourth-order valence-corrected chi connectivity index (χ4v) is 0.956. The van der Waals surface area contributed by atoms with Gasteiger partial charge in [0.1, 0.15) is 5.75 Å². The molecule has 0 aliphatic carbocycles. The minimum Gasteiger partial charge on any atom is -0.507 e. The molecule has 0 unspecified atom stereocenters. The molecule has 0 saturated heterocycles. The molecule has 5 heteroatoms. The molecule has 80 valence electrons. The Kier molecular flexibility index (Phi) is 3.28. The van der Waals surface area contributed by atoms with Crippen LogP contribution in [-0.4, -0.2) is 36.4 Å². The van der Waals surface area contributed by atoms with E-state index in [-0.39, 0.29) is 17.3 Å². The van der Waals surface area contributed by atoms with Gasteiger partial charge in [-0.05, 0) is 12.1 Å². The molecule has 0 aliphatic heterocycles. The minimum atomic E-state index is -0.298. The molecular formula is C10H12N2O3. The summed E-state index contributed by atoms with van der Waals surface area (Å²) in [4.78, 5) is 23.0. The first-order valence-electron chi connectivity index (χ1n) is 4.31. The fourth-order valence-electron chi connectivity index (χ4n) is 0.956. The van der Waals surface area contributed by atoms with Crippen molar-refractivity contribution in [3.05, 3.63) is 23.8 Å². The zero-order chi connectivity index (χ0) is 11.4. The summed E-state index contributed by atoms with van der Waals surface area (Å²) in [6.07, 6.45) is 0.548. The van der Waals surface area contributed by atoms with E-state index in [4.69, 9.17) is 0 Å². The highest BCUT2D eigenvalue weighted by molar-refractivity contribution is 5.90. The zero-order valence-electron chi connectivity index (χ0n) is 8.52. The number of hydrogen-bond donors (Lipinski definition) is 2. The van der Waals surface area contributed by atoms with Crippen molar-refractivity contribution < 1.29 is 14.7 Å². The molecule has 5 nitrogen and oxygen atoms in total. The smallest absolute Gasteiger partial charge is 0.321 e. The Bertz CT molecular complexity index is 388. The Labute approximate surface area is 87.3 Å². The Morgan fingerprint density at radius 2 is 2.13 bits per heavy atom. The molecule has 0 saturated carbocycles. The van der Waals surface area contributed by atoms with E-state index < -0.39 is 0 Å². The van der Waals surface area contributed by atoms with Crippen LogP contribution in [0.2, 0.25) is 0 Å². The number of amides is 2. The van der Waals surface area contributed by atoms with E-state index in [9.17, 15) is 14.7 Å². The summed E-state index contributed by atoms with van der Waals surface area (Å²) in [6.45, 7) is 0. The van der Waals surface area contributed by atoms with Gasteiger partial charge in [-0.3, -0.25) is 4.79 Å². The zero-order valence-corrected chi connectivity index (χ0v) is 8.52. The maximum absolute atomic E-state index is 11.2. The van der Waals surface area contributed by atoms with Crippen LogP contribution in [0.3, 0.4) is 0 Å². The van der Waals surface area contributed by atoms with Crippen molar-refractivity contribution in [1.82, 2.24) is 4.90 Å². The van der Waals surface area contributed by atoms with Crippen molar-refractivity contribution in [1.29, 1.82) is 0 Å². The van der Waals surface area contributed by atoms with Gasteiger partial charge >= 0.3 is 6.03 Å². The summed E-state index contributed by atoms with van der Waals surface area (Å²) in [6, 6.07) is 4.01. The van der Waals surface area contributed by atoms with Crippen LogP contribution in [0.25, 0.3) is 0 Å². The lowest BCUT2D eigenvalue weighted by Gasteiger charge is -2.12. The van der Waals surface area contributed by atoms with Crippen LogP contribution in [0.4, 0.5) is 10.5 Å². The Balaban J connectivity index is 2.84. The van der Waals surface area contributed by atoms with Gasteiger partial charge < -0.3 is 15.3 Å². The van der Waals surface area contributed by atoms with E-state index in [0.717, 1.165) is 0 Å². The number of urea groups is 1. The summed E-state index contributed by atoms with van der Waals surface area (Å²) < 4.78 is 0. The second-order valence-corrected chi connectivity index (χ2v) is 3.22. The first-order chi connectivity index (χ1) is 7.04. The maximum atomic E-state index is 11.2. The topological polar surface area (TPSA) is 69.6 Å². The van der Waals surface area contributed by atoms with E-state index in [0.29, 0.717) is 12.0 Å². The average molecular weight is 208 g/mol. The van der Waals surface area contributed by atoms with E-state index >= 15 is 0 Å². The maximum Gasteiger partial charge on any atom is 0.321 e. The Morgan fingerprint density at radius 3 is 2.60 bits per heavy atom. The van der Waals surface area contributed by atoms with Gasteiger partial charge in [-0.2, -0.15) is 0 Å². The third kappa shape index (κ3) is 2.70. The number of phenolic OH excluding ortho intramolecular Hbond substituents is 1. The molecule has 0 fully saturated rings. The monoisotopic (exact) mass is 208 g/mol. The van der Waals surface area contributed by atoms with E-state index in [2.05, 4.69) is 5.32 Å². The van der Waals surface area contributed by atoms with Crippen molar-refractivity contribution >= 4 is 18.0 Å². The highest BCUT2D eigenvalue weighted by Crippen LogP contribution is 2.20. The number of aromatic hydroxyl groups is 1. The summed E-state index contributed by atoms with van der Waals surface area (Å²) in [5.74, 6) is -0.151. The van der Waals surface area contributed by atoms with E-state index in [1.807, 2.05) is 0 Å². The lowest BCUT2D eigenvalue weighted by molar-refractivity contribution is 0.112. The normalized spacial score (nSPS) is 9.47. The van der Waals surface area contributed by atoms with Crippen LogP contribution in [0.1, 0.15) is 10.4 Å². The van der Waals surface area contributed by atoms with Crippen molar-refractivity contribution in [2.75, 3.05) is 19.4 Å². The third-order valence-corrected chi connectivity index (χ3v) is 1.81. The molecule has 0 aliphatic rings. The van der Waals surface area contributed by atoms with Gasteiger partial charge in [0, 0.05) is 25.8 Å². The molecule has 0 radical (unpaired) electrons. The van der Waals surface area contributed by atoms with E-state index in [1.54, 1.807) is 20.2 Å². The van der Waals surface area contributed by atoms with Crippen LogP contribution >= 0.6 is 0 Å². The van der Waals surface area contributed by atoms with Gasteiger partial charge in [0.15, 0.2) is 6.29 Å². The Hall–Kier alpha value is -2.04. The van der Waals surface area contributed by atoms with E-state index in [1.165, 1.54) is 17.0 Å². The van der Waals surface area contributed by atoms with Crippen LogP contribution in [0.5, 0.6) is 5.75 Å². The van der Waals surface area contributed by atoms with Crippen molar-refractivity contribution in [2.45, 2.75) is 0 Å². The number of nitrogens with one attached hydrogen (secondary N) is 1. The Morgan fingerprint density at radius 1 is 1.47 bits per heavy atom. The number of nitrogens with zero attached hydrogens (tertiary/aromatic N) is 1. The predicted octanol–water partition coefficient (Wildman–Crippen LogP) is 1.30. The van der Waals surface area contributed by atoms with Gasteiger partial charge in [-0.25, -0.2) is 4.79 Å². The first-order valence-corrected chi connectivity index (χ1v) is 4.31. The number of phenols is 1. The quantitative estimate of drug-likeness (QED) is 0.719. The third-order valence-electron chi connectivity index (χ3n) is 1.81. The predicted molar refractivity (Wildman–Crippen MR) is 56.2 cm³/mol. The highest BCUT2D eigenvalue weighted by atomic mass is 16.3. The first kappa shape index (κ1) is 11.0. The number of carbonyl (C=O) groups excluding carboxylic acids is 2. The summed E-state index contributed by atoms with van der Waals surface area (Å²) in [5, 5.41) is 11.9. The fraction of sp³-hybridized carbons (Fsp3) is 0.200. The summed E-state index contributed by atoms with van der Waals surface area (Å²) in [5.41, 5.74) is 0.634. The van der Waals surface area contributed by atoms with Gasteiger partial charge in [-0.15, -0.1) is 0 Å². The van der Waals surface area contributed by atoms with Crippen LogP contribution in [0, 0.1) is 0 Å². The van der Waals surface area contributed by atoms with Gasteiger partial charge in [0.25, 0.3) is 0 Å². The lowest BCUT2D eigenvalue weighted by Crippen LogP contribution is -2.27. The van der Waals surface area contributed by atoms with Crippen molar-refractivity contribution in [3.8, 4) is 5.75 Å². The number of rotatable bonds is 2. The molecule has 0 spiro atoms. The molecule has 2 amide bonds. The second-order valence-electron chi connectivity index (χ2n) is 3.22. The number of aldehydes is 1. The second kappa shape index (κ2) is 4.45. The standard InChI is InChI=1S/C10H12N2O3/c1-12(2)10(15)11-8-4-3-7(6-13)9(14)5-8/h3-6,14H,1-2H3,(H,11,15). The molecule has 0 atom stereocenters. The number of carbonyl (C=O) groups is 2. The molecule has 1 aromatic rings. The average Bonchev–Trinajstić information content (AvgIpc) is 2.18. The molecule has 0 aromatic heterocycles. The van der Waals surface area contributed by atoms with Gasteiger partial charge in [0.05, 0.1) is 5.56 Å². The van der Waals surface area contributed by atoms with Gasteiger partial charge in [0.2, 0.25) is 0 Å². The van der Waals surface area contributed by atoms with Crippen LogP contribution in [0.15, 0.2) is 18.2 Å². The molecule has 2 N–H and O–H groups in total. The highest BCUT2D eigenvalue weighted by Gasteiger charge is 2.06. The van der Waals surface area contributed by atoms with Gasteiger partial charge in [-0.1, -0.05) is 0 Å². The molecular weight excluding hydrogens is 196 g/mol.